The van der Waals surface area contributed by atoms with E-state index in [0.29, 0.717) is 6.54 Å². The number of carboxylic acid groups (broad SMARTS) is 1. The van der Waals surface area contributed by atoms with E-state index in [1.165, 1.54) is 0 Å². The molecule has 12 heavy (non-hydrogen) atoms. The molecule has 3 heteroatoms. The smallest absolute Gasteiger partial charge is 0.317 e. The van der Waals surface area contributed by atoms with E-state index in [4.69, 9.17) is 5.11 Å². The summed E-state index contributed by atoms with van der Waals surface area (Å²) >= 11 is 0. The van der Waals surface area contributed by atoms with Crippen molar-refractivity contribution in [2.24, 2.45) is 0 Å². The summed E-state index contributed by atoms with van der Waals surface area (Å²) in [5, 5.41) is 8.54. The lowest BCUT2D eigenvalue weighted by Gasteiger charge is -2.22. The molecule has 0 saturated carbocycles. The Kier molecular flexibility index (Phi) is 5.04. The molecule has 3 nitrogen and oxygen atoms in total. The highest BCUT2D eigenvalue weighted by Crippen LogP contribution is 1.99. The van der Waals surface area contributed by atoms with Crippen LogP contribution in [-0.2, 0) is 4.79 Å². The number of aliphatic carboxylic acids is 1. The molecule has 0 bridgehead atoms. The van der Waals surface area contributed by atoms with E-state index in [1.807, 2.05) is 6.92 Å². The van der Waals surface area contributed by atoms with Crippen molar-refractivity contribution in [3.05, 3.63) is 25.3 Å². The summed E-state index contributed by atoms with van der Waals surface area (Å²) in [6.45, 7) is 9.66. The minimum absolute atomic E-state index is 0.0270. The van der Waals surface area contributed by atoms with Crippen LogP contribution in [-0.4, -0.2) is 35.1 Å². The lowest BCUT2D eigenvalue weighted by Crippen LogP contribution is -2.36. The molecule has 1 unspecified atom stereocenters. The molecule has 0 radical (unpaired) electrons. The summed E-state index contributed by atoms with van der Waals surface area (Å²) in [4.78, 5) is 12.2. The fourth-order valence-electron chi connectivity index (χ4n) is 0.863. The largest absolute Gasteiger partial charge is 0.480 e. The maximum absolute atomic E-state index is 10.4. The SMILES string of the molecule is C=CCN(CC(=O)O)C(C)C=C. The van der Waals surface area contributed by atoms with Gasteiger partial charge in [0.1, 0.15) is 0 Å². The van der Waals surface area contributed by atoms with Crippen molar-refractivity contribution >= 4 is 5.97 Å². The standard InChI is InChI=1S/C9H15NO2/c1-4-6-10(7-9(11)12)8(3)5-2/h4-5,8H,1-2,6-7H2,3H3,(H,11,12). The highest BCUT2D eigenvalue weighted by Gasteiger charge is 2.11. The van der Waals surface area contributed by atoms with Crippen LogP contribution in [0.4, 0.5) is 0 Å². The minimum atomic E-state index is -0.828. The second kappa shape index (κ2) is 5.55. The lowest BCUT2D eigenvalue weighted by molar-refractivity contribution is -0.138. The predicted octanol–water partition coefficient (Wildman–Crippen LogP) is 1.13. The number of hydrogen-bond acceptors (Lipinski definition) is 2. The Balaban J connectivity index is 4.10. The average Bonchev–Trinajstić information content (AvgIpc) is 2.01. The van der Waals surface area contributed by atoms with Crippen molar-refractivity contribution in [2.45, 2.75) is 13.0 Å². The molecule has 0 amide bonds. The van der Waals surface area contributed by atoms with Gasteiger partial charge >= 0.3 is 5.97 Å². The number of hydrogen-bond donors (Lipinski definition) is 1. The first kappa shape index (κ1) is 10.9. The molecule has 0 aliphatic heterocycles. The highest BCUT2D eigenvalue weighted by atomic mass is 16.4. The molecular weight excluding hydrogens is 154 g/mol. The summed E-state index contributed by atoms with van der Waals surface area (Å²) in [5.41, 5.74) is 0. The van der Waals surface area contributed by atoms with Gasteiger partial charge in [-0.25, -0.2) is 0 Å². The van der Waals surface area contributed by atoms with Gasteiger partial charge in [-0.15, -0.1) is 13.2 Å². The number of rotatable bonds is 6. The van der Waals surface area contributed by atoms with Gasteiger partial charge in [0.2, 0.25) is 0 Å². The van der Waals surface area contributed by atoms with E-state index < -0.39 is 5.97 Å². The molecule has 0 aliphatic rings. The number of carbonyl (C=O) groups is 1. The highest BCUT2D eigenvalue weighted by molar-refractivity contribution is 5.69. The van der Waals surface area contributed by atoms with Gasteiger partial charge in [0.25, 0.3) is 0 Å². The molecule has 1 N–H and O–H groups in total. The van der Waals surface area contributed by atoms with Gasteiger partial charge in [0.15, 0.2) is 0 Å². The fourth-order valence-corrected chi connectivity index (χ4v) is 0.863. The van der Waals surface area contributed by atoms with Gasteiger partial charge in [0, 0.05) is 12.6 Å². The topological polar surface area (TPSA) is 40.5 Å². The average molecular weight is 169 g/mol. The maximum atomic E-state index is 10.4. The summed E-state index contributed by atoms with van der Waals surface area (Å²) in [5.74, 6) is -0.828. The van der Waals surface area contributed by atoms with Gasteiger partial charge in [-0.1, -0.05) is 12.2 Å². The first-order chi connectivity index (χ1) is 5.61. The molecular formula is C9H15NO2. The second-order valence-corrected chi connectivity index (χ2v) is 2.59. The van der Waals surface area contributed by atoms with E-state index in [1.54, 1.807) is 17.1 Å². The van der Waals surface area contributed by atoms with Crippen LogP contribution in [0.15, 0.2) is 25.3 Å². The van der Waals surface area contributed by atoms with Crippen molar-refractivity contribution in [1.82, 2.24) is 4.90 Å². The predicted molar refractivity (Wildman–Crippen MR) is 49.1 cm³/mol. The molecule has 0 heterocycles. The van der Waals surface area contributed by atoms with Crippen LogP contribution in [0.5, 0.6) is 0 Å². The minimum Gasteiger partial charge on any atom is -0.480 e. The number of nitrogens with zero attached hydrogens (tertiary/aromatic N) is 1. The summed E-state index contributed by atoms with van der Waals surface area (Å²) in [6.07, 6.45) is 3.40. The van der Waals surface area contributed by atoms with Crippen LogP contribution >= 0.6 is 0 Å². The van der Waals surface area contributed by atoms with Gasteiger partial charge in [-0.2, -0.15) is 0 Å². The molecule has 0 aliphatic carbocycles. The maximum Gasteiger partial charge on any atom is 0.317 e. The Labute approximate surface area is 73.0 Å². The Morgan fingerprint density at radius 3 is 2.58 bits per heavy atom. The zero-order chi connectivity index (χ0) is 9.56. The molecule has 0 saturated heterocycles. The normalized spacial score (nSPS) is 12.5. The van der Waals surface area contributed by atoms with E-state index in [9.17, 15) is 4.79 Å². The Morgan fingerprint density at radius 1 is 1.67 bits per heavy atom. The Hall–Kier alpha value is -1.09. The van der Waals surface area contributed by atoms with Crippen molar-refractivity contribution in [3.8, 4) is 0 Å². The number of carboxylic acids is 1. The van der Waals surface area contributed by atoms with E-state index in [0.717, 1.165) is 0 Å². The van der Waals surface area contributed by atoms with Gasteiger partial charge in [-0.05, 0) is 6.92 Å². The van der Waals surface area contributed by atoms with Crippen molar-refractivity contribution < 1.29 is 9.90 Å². The molecule has 0 spiro atoms. The summed E-state index contributed by atoms with van der Waals surface area (Å²) < 4.78 is 0. The Morgan fingerprint density at radius 2 is 2.25 bits per heavy atom. The van der Waals surface area contributed by atoms with Crippen molar-refractivity contribution in [2.75, 3.05) is 13.1 Å². The zero-order valence-electron chi connectivity index (χ0n) is 7.36. The van der Waals surface area contributed by atoms with Crippen LogP contribution in [0.1, 0.15) is 6.92 Å². The van der Waals surface area contributed by atoms with Crippen molar-refractivity contribution in [3.63, 3.8) is 0 Å². The summed E-state index contributed by atoms with van der Waals surface area (Å²) in [6, 6.07) is 0.0686. The quantitative estimate of drug-likeness (QED) is 0.606. The first-order valence-corrected chi connectivity index (χ1v) is 3.81. The molecule has 0 aromatic carbocycles. The molecule has 0 fully saturated rings. The zero-order valence-corrected chi connectivity index (χ0v) is 7.36. The van der Waals surface area contributed by atoms with E-state index in [2.05, 4.69) is 13.2 Å². The van der Waals surface area contributed by atoms with E-state index >= 15 is 0 Å². The summed E-state index contributed by atoms with van der Waals surface area (Å²) in [7, 11) is 0. The lowest BCUT2D eigenvalue weighted by atomic mass is 10.2. The van der Waals surface area contributed by atoms with Crippen LogP contribution in [0.25, 0.3) is 0 Å². The monoisotopic (exact) mass is 169 g/mol. The molecule has 0 aromatic rings. The third-order valence-corrected chi connectivity index (χ3v) is 1.62. The Bertz CT molecular complexity index is 177. The molecule has 68 valence electrons. The fraction of sp³-hybridized carbons (Fsp3) is 0.444. The van der Waals surface area contributed by atoms with Crippen LogP contribution in [0.3, 0.4) is 0 Å². The molecule has 1 atom stereocenters. The third-order valence-electron chi connectivity index (χ3n) is 1.62. The van der Waals surface area contributed by atoms with Gasteiger partial charge in [0.05, 0.1) is 6.54 Å². The third kappa shape index (κ3) is 3.93. The van der Waals surface area contributed by atoms with Crippen LogP contribution in [0.2, 0.25) is 0 Å². The van der Waals surface area contributed by atoms with Crippen molar-refractivity contribution in [1.29, 1.82) is 0 Å². The van der Waals surface area contributed by atoms with Crippen LogP contribution < -0.4 is 0 Å². The van der Waals surface area contributed by atoms with E-state index in [-0.39, 0.29) is 12.6 Å². The molecule has 0 aromatic heterocycles. The first-order valence-electron chi connectivity index (χ1n) is 3.81. The van der Waals surface area contributed by atoms with Gasteiger partial charge < -0.3 is 5.11 Å². The van der Waals surface area contributed by atoms with Crippen LogP contribution in [0, 0.1) is 0 Å². The van der Waals surface area contributed by atoms with Gasteiger partial charge in [-0.3, -0.25) is 9.69 Å². The molecule has 0 rings (SSSR count). The second-order valence-electron chi connectivity index (χ2n) is 2.59.